The van der Waals surface area contributed by atoms with E-state index >= 15 is 0 Å². The lowest BCUT2D eigenvalue weighted by atomic mass is 10.2. The lowest BCUT2D eigenvalue weighted by Crippen LogP contribution is -2.39. The number of carboxylic acids is 1. The Kier molecular flexibility index (Phi) is 7.18. The van der Waals surface area contributed by atoms with E-state index in [9.17, 15) is 18.0 Å². The van der Waals surface area contributed by atoms with Crippen molar-refractivity contribution in [2.45, 2.75) is 13.5 Å². The van der Waals surface area contributed by atoms with E-state index in [0.717, 1.165) is 9.87 Å². The number of hydrogen-bond donors (Lipinski definition) is 1. The van der Waals surface area contributed by atoms with E-state index in [1.165, 1.54) is 18.9 Å². The maximum absolute atomic E-state index is 12.1. The van der Waals surface area contributed by atoms with Crippen molar-refractivity contribution >= 4 is 21.9 Å². The zero-order valence-electron chi connectivity index (χ0n) is 13.9. The summed E-state index contributed by atoms with van der Waals surface area (Å²) in [5, 5.41) is 8.54. The van der Waals surface area contributed by atoms with E-state index in [0.29, 0.717) is 12.3 Å². The van der Waals surface area contributed by atoms with E-state index in [-0.39, 0.29) is 18.2 Å². The third-order valence-electron chi connectivity index (χ3n) is 3.33. The Hall–Kier alpha value is -2.13. The molecular weight excluding hydrogens is 336 g/mol. The summed E-state index contributed by atoms with van der Waals surface area (Å²) in [5.74, 6) is -1.02. The van der Waals surface area contributed by atoms with Crippen molar-refractivity contribution in [3.63, 3.8) is 0 Å². The van der Waals surface area contributed by atoms with Gasteiger partial charge in [-0.2, -0.15) is 4.31 Å². The molecule has 0 aromatic heterocycles. The van der Waals surface area contributed by atoms with Gasteiger partial charge in [0.25, 0.3) is 0 Å². The van der Waals surface area contributed by atoms with Crippen molar-refractivity contribution in [2.24, 2.45) is 0 Å². The van der Waals surface area contributed by atoms with Crippen LogP contribution in [0.2, 0.25) is 0 Å². The Labute approximate surface area is 141 Å². The van der Waals surface area contributed by atoms with Crippen molar-refractivity contribution in [3.05, 3.63) is 29.8 Å². The number of hydrogen-bond acceptors (Lipinski definition) is 5. The predicted molar refractivity (Wildman–Crippen MR) is 88.1 cm³/mol. The molecule has 8 nitrogen and oxygen atoms in total. The van der Waals surface area contributed by atoms with Gasteiger partial charge in [-0.3, -0.25) is 4.79 Å². The number of carboxylic acid groups (broad SMARTS) is 1. The second kappa shape index (κ2) is 8.65. The summed E-state index contributed by atoms with van der Waals surface area (Å²) in [6, 6.07) is 6.66. The summed E-state index contributed by atoms with van der Waals surface area (Å²) >= 11 is 0. The van der Waals surface area contributed by atoms with Crippen molar-refractivity contribution in [1.82, 2.24) is 9.21 Å². The minimum Gasteiger partial charge on any atom is -0.482 e. The average molecular weight is 358 g/mol. The fourth-order valence-corrected chi connectivity index (χ4v) is 2.58. The van der Waals surface area contributed by atoms with Gasteiger partial charge in [-0.1, -0.05) is 12.1 Å². The van der Waals surface area contributed by atoms with Crippen molar-refractivity contribution in [2.75, 3.05) is 33.0 Å². The van der Waals surface area contributed by atoms with Gasteiger partial charge in [0.1, 0.15) is 5.75 Å². The van der Waals surface area contributed by atoms with Gasteiger partial charge >= 0.3 is 5.97 Å². The van der Waals surface area contributed by atoms with Crippen LogP contribution in [0.15, 0.2) is 24.3 Å². The molecule has 0 saturated carbocycles. The molecule has 0 saturated heterocycles. The first-order valence-corrected chi connectivity index (χ1v) is 8.88. The number of likely N-dealkylation sites (N-methyl/N-ethyl adjacent to an activating group) is 2. The van der Waals surface area contributed by atoms with Gasteiger partial charge in [-0.15, -0.1) is 0 Å². The zero-order chi connectivity index (χ0) is 18.3. The molecule has 0 spiro atoms. The van der Waals surface area contributed by atoms with Gasteiger partial charge < -0.3 is 14.7 Å². The normalized spacial score (nSPS) is 11.3. The number of amides is 1. The Morgan fingerprint density at radius 1 is 1.17 bits per heavy atom. The van der Waals surface area contributed by atoms with Gasteiger partial charge in [0.2, 0.25) is 15.9 Å². The van der Waals surface area contributed by atoms with Gasteiger partial charge in [-0.25, -0.2) is 13.2 Å². The smallest absolute Gasteiger partial charge is 0.341 e. The predicted octanol–water partition coefficient (Wildman–Crippen LogP) is 0.390. The number of nitrogens with zero attached hydrogens (tertiary/aromatic N) is 2. The van der Waals surface area contributed by atoms with Crippen LogP contribution >= 0.6 is 0 Å². The van der Waals surface area contributed by atoms with Crippen LogP contribution in [0.3, 0.4) is 0 Å². The van der Waals surface area contributed by atoms with E-state index in [2.05, 4.69) is 0 Å². The molecule has 0 unspecified atom stereocenters. The summed E-state index contributed by atoms with van der Waals surface area (Å²) in [6.45, 7) is 1.19. The second-order valence-electron chi connectivity index (χ2n) is 5.23. The highest BCUT2D eigenvalue weighted by Crippen LogP contribution is 2.13. The van der Waals surface area contributed by atoms with Crippen LogP contribution in [0.25, 0.3) is 0 Å². The molecule has 0 aliphatic carbocycles. The largest absolute Gasteiger partial charge is 0.482 e. The molecular formula is C15H22N2O6S. The SMILES string of the molecule is CCS(=O)(=O)N(C)CC(=O)N(C)Cc1ccc(OCC(=O)O)cc1. The molecule has 1 N–H and O–H groups in total. The number of carbonyl (C=O) groups is 2. The quantitative estimate of drug-likeness (QED) is 0.685. The fourth-order valence-electron chi connectivity index (χ4n) is 1.83. The molecule has 9 heteroatoms. The lowest BCUT2D eigenvalue weighted by molar-refractivity contribution is -0.139. The minimum atomic E-state index is -3.40. The first-order chi connectivity index (χ1) is 11.2. The summed E-state index contributed by atoms with van der Waals surface area (Å²) in [7, 11) is -0.436. The molecule has 0 aliphatic heterocycles. The van der Waals surface area contributed by atoms with Crippen LogP contribution in [0.4, 0.5) is 0 Å². The van der Waals surface area contributed by atoms with E-state index in [1.54, 1.807) is 31.3 Å². The first kappa shape index (κ1) is 19.9. The van der Waals surface area contributed by atoms with Gasteiger partial charge in [0.15, 0.2) is 6.61 Å². The molecule has 0 radical (unpaired) electrons. The number of carbonyl (C=O) groups excluding carboxylic acids is 1. The molecule has 1 aromatic rings. The van der Waals surface area contributed by atoms with Crippen LogP contribution in [0, 0.1) is 0 Å². The highest BCUT2D eigenvalue weighted by Gasteiger charge is 2.20. The van der Waals surface area contributed by atoms with E-state index in [1.807, 2.05) is 0 Å². The molecule has 24 heavy (non-hydrogen) atoms. The molecule has 0 heterocycles. The fraction of sp³-hybridized carbons (Fsp3) is 0.467. The molecule has 0 aliphatic rings. The third-order valence-corrected chi connectivity index (χ3v) is 5.14. The maximum atomic E-state index is 12.1. The van der Waals surface area contributed by atoms with Crippen molar-refractivity contribution in [3.8, 4) is 5.75 Å². The zero-order valence-corrected chi connectivity index (χ0v) is 14.7. The van der Waals surface area contributed by atoms with Crippen molar-refractivity contribution < 1.29 is 27.9 Å². The van der Waals surface area contributed by atoms with Crippen LogP contribution in [0.1, 0.15) is 12.5 Å². The molecule has 1 aromatic carbocycles. The summed E-state index contributed by atoms with van der Waals surface area (Å²) in [5.41, 5.74) is 0.814. The lowest BCUT2D eigenvalue weighted by Gasteiger charge is -2.21. The van der Waals surface area contributed by atoms with E-state index in [4.69, 9.17) is 9.84 Å². The summed E-state index contributed by atoms with van der Waals surface area (Å²) < 4.78 is 29.4. The Morgan fingerprint density at radius 3 is 2.25 bits per heavy atom. The maximum Gasteiger partial charge on any atom is 0.341 e. The number of aliphatic carboxylic acids is 1. The first-order valence-electron chi connectivity index (χ1n) is 7.27. The molecule has 0 fully saturated rings. The summed E-state index contributed by atoms with van der Waals surface area (Å²) in [4.78, 5) is 23.9. The number of benzene rings is 1. The van der Waals surface area contributed by atoms with Crippen LogP contribution in [0.5, 0.6) is 5.75 Å². The molecule has 0 bridgehead atoms. The standard InChI is InChI=1S/C15H22N2O6S/c1-4-24(21,22)17(3)10-14(18)16(2)9-12-5-7-13(8-6-12)23-11-15(19)20/h5-8H,4,9-11H2,1-3H3,(H,19,20). The highest BCUT2D eigenvalue weighted by atomic mass is 32.2. The monoisotopic (exact) mass is 358 g/mol. The molecule has 134 valence electrons. The number of sulfonamides is 1. The summed E-state index contributed by atoms with van der Waals surface area (Å²) in [6.07, 6.45) is 0. The highest BCUT2D eigenvalue weighted by molar-refractivity contribution is 7.89. The van der Waals surface area contributed by atoms with Gasteiger partial charge in [-0.05, 0) is 24.6 Å². The molecule has 1 amide bonds. The Balaban J connectivity index is 2.59. The topological polar surface area (TPSA) is 104 Å². The van der Waals surface area contributed by atoms with Gasteiger partial charge in [0.05, 0.1) is 12.3 Å². The van der Waals surface area contributed by atoms with Crippen molar-refractivity contribution in [1.29, 1.82) is 0 Å². The van der Waals surface area contributed by atoms with E-state index < -0.39 is 22.6 Å². The van der Waals surface area contributed by atoms with Crippen LogP contribution in [-0.4, -0.2) is 67.6 Å². The number of rotatable bonds is 9. The van der Waals surface area contributed by atoms with Crippen LogP contribution < -0.4 is 4.74 Å². The second-order valence-corrected chi connectivity index (χ2v) is 7.60. The third kappa shape index (κ3) is 6.17. The molecule has 1 rings (SSSR count). The van der Waals surface area contributed by atoms with Gasteiger partial charge in [0, 0.05) is 20.6 Å². The Bertz CT molecular complexity index is 672. The Morgan fingerprint density at radius 2 is 1.75 bits per heavy atom. The number of ether oxygens (including phenoxy) is 1. The van der Waals surface area contributed by atoms with Crippen LogP contribution in [-0.2, 0) is 26.2 Å². The molecule has 0 atom stereocenters. The average Bonchev–Trinajstić information content (AvgIpc) is 2.53. The minimum absolute atomic E-state index is 0.0572.